The van der Waals surface area contributed by atoms with Crippen LogP contribution in [0.25, 0.3) is 0 Å². The maximum absolute atomic E-state index is 12.4. The number of unbranched alkanes of at least 4 members (excludes halogenated alkanes) is 6. The third-order valence-electron chi connectivity index (χ3n) is 4.19. The Morgan fingerprint density at radius 1 is 0.821 bits per heavy atom. The number of rotatable bonds is 13. The molecule has 0 amide bonds. The Labute approximate surface area is 167 Å². The number of hydrogen-bond donors (Lipinski definition) is 1. The lowest BCUT2D eigenvalue weighted by atomic mass is 10.1. The van der Waals surface area contributed by atoms with E-state index < -0.39 is 27.0 Å². The molecule has 1 N–H and O–H groups in total. The highest BCUT2D eigenvalue weighted by Gasteiger charge is 2.23. The first-order chi connectivity index (χ1) is 13.3. The summed E-state index contributed by atoms with van der Waals surface area (Å²) in [6.07, 6.45) is 7.37. The summed E-state index contributed by atoms with van der Waals surface area (Å²) in [5.41, 5.74) is -0.314. The number of hydrogen-bond acceptors (Lipinski definition) is 6. The fraction of sp³-hybridized carbons (Fsp3) is 0.600. The van der Waals surface area contributed by atoms with Crippen molar-refractivity contribution in [3.8, 4) is 0 Å². The van der Waals surface area contributed by atoms with Crippen molar-refractivity contribution in [2.24, 2.45) is 0 Å². The molecule has 0 spiro atoms. The predicted molar refractivity (Wildman–Crippen MR) is 105 cm³/mol. The van der Waals surface area contributed by atoms with Gasteiger partial charge in [-0.15, -0.1) is 0 Å². The number of carbonyl (C=O) groups excluding carboxylic acids is 2. The monoisotopic (exact) mass is 414 g/mol. The topological polar surface area (TPSA) is 107 Å². The third-order valence-corrected chi connectivity index (χ3v) is 5.04. The smallest absolute Gasteiger partial charge is 0.339 e. The molecular weight excluding hydrogens is 384 g/mol. The molecule has 0 fully saturated rings. The molecule has 0 unspecified atom stereocenters. The fourth-order valence-corrected chi connectivity index (χ4v) is 3.08. The summed E-state index contributed by atoms with van der Waals surface area (Å²) in [5, 5.41) is 0. The van der Waals surface area contributed by atoms with Gasteiger partial charge in [0.2, 0.25) is 0 Å². The van der Waals surface area contributed by atoms with Gasteiger partial charge in [-0.1, -0.05) is 52.4 Å². The van der Waals surface area contributed by atoms with Crippen LogP contribution >= 0.6 is 0 Å². The van der Waals surface area contributed by atoms with Gasteiger partial charge in [-0.2, -0.15) is 8.42 Å². The Kier molecular flexibility index (Phi) is 10.8. The van der Waals surface area contributed by atoms with E-state index >= 15 is 0 Å². The predicted octanol–water partition coefficient (Wildman–Crippen LogP) is 4.41. The SMILES string of the molecule is CCCCCCOC(=O)c1ccc(S(=O)(=O)O)cc1C(=O)OCCCCCC. The van der Waals surface area contributed by atoms with Gasteiger partial charge in [0.25, 0.3) is 10.1 Å². The van der Waals surface area contributed by atoms with E-state index in [0.29, 0.717) is 12.8 Å². The molecule has 158 valence electrons. The van der Waals surface area contributed by atoms with E-state index in [2.05, 4.69) is 13.8 Å². The average molecular weight is 415 g/mol. The van der Waals surface area contributed by atoms with Gasteiger partial charge in [0.15, 0.2) is 0 Å². The molecule has 0 aliphatic rings. The molecule has 1 aromatic carbocycles. The van der Waals surface area contributed by atoms with Crippen molar-refractivity contribution in [1.82, 2.24) is 0 Å². The van der Waals surface area contributed by atoms with E-state index in [1.165, 1.54) is 0 Å². The van der Waals surface area contributed by atoms with E-state index in [1.54, 1.807) is 0 Å². The second-order valence-corrected chi connectivity index (χ2v) is 8.00. The first kappa shape index (κ1) is 24.1. The number of benzene rings is 1. The molecular formula is C20H30O7S. The van der Waals surface area contributed by atoms with Crippen molar-refractivity contribution in [3.63, 3.8) is 0 Å². The van der Waals surface area contributed by atoms with Crippen molar-refractivity contribution in [1.29, 1.82) is 0 Å². The van der Waals surface area contributed by atoms with Crippen molar-refractivity contribution < 1.29 is 32.0 Å². The maximum Gasteiger partial charge on any atom is 0.339 e. The van der Waals surface area contributed by atoms with Gasteiger partial charge in [0.05, 0.1) is 29.2 Å². The summed E-state index contributed by atoms with van der Waals surface area (Å²) in [7, 11) is -4.52. The number of esters is 2. The quantitative estimate of drug-likeness (QED) is 0.289. The van der Waals surface area contributed by atoms with Gasteiger partial charge in [-0.25, -0.2) is 9.59 Å². The second-order valence-electron chi connectivity index (χ2n) is 6.58. The molecule has 0 radical (unpaired) electrons. The summed E-state index contributed by atoms with van der Waals surface area (Å²) in [5.74, 6) is -1.55. The molecule has 0 aliphatic heterocycles. The molecule has 8 heteroatoms. The molecule has 0 heterocycles. The van der Waals surface area contributed by atoms with Crippen molar-refractivity contribution >= 4 is 22.1 Å². The fourth-order valence-electron chi connectivity index (χ4n) is 2.57. The lowest BCUT2D eigenvalue weighted by Gasteiger charge is -2.11. The molecule has 0 aliphatic carbocycles. The Morgan fingerprint density at radius 3 is 1.79 bits per heavy atom. The average Bonchev–Trinajstić information content (AvgIpc) is 2.66. The molecule has 1 rings (SSSR count). The van der Waals surface area contributed by atoms with E-state index in [9.17, 15) is 22.6 Å². The van der Waals surface area contributed by atoms with Crippen LogP contribution in [0, 0.1) is 0 Å². The minimum absolute atomic E-state index is 0.0820. The first-order valence-electron chi connectivity index (χ1n) is 9.77. The van der Waals surface area contributed by atoms with Crippen LogP contribution in [0.1, 0.15) is 85.9 Å². The normalized spacial score (nSPS) is 11.2. The summed E-state index contributed by atoms with van der Waals surface area (Å²) in [4.78, 5) is 24.2. The summed E-state index contributed by atoms with van der Waals surface area (Å²) >= 11 is 0. The van der Waals surface area contributed by atoms with E-state index in [0.717, 1.165) is 56.7 Å². The van der Waals surface area contributed by atoms with Crippen LogP contribution in [0.4, 0.5) is 0 Å². The highest BCUT2D eigenvalue weighted by Crippen LogP contribution is 2.19. The summed E-state index contributed by atoms with van der Waals surface area (Å²) in [6.45, 7) is 4.51. The second kappa shape index (κ2) is 12.5. The molecule has 7 nitrogen and oxygen atoms in total. The number of carbonyl (C=O) groups is 2. The van der Waals surface area contributed by atoms with Crippen molar-refractivity contribution in [2.45, 2.75) is 70.1 Å². The molecule has 0 atom stereocenters. The van der Waals surface area contributed by atoms with Crippen molar-refractivity contribution in [2.75, 3.05) is 13.2 Å². The summed E-state index contributed by atoms with van der Waals surface area (Å²) in [6, 6.07) is 3.16. The maximum atomic E-state index is 12.4. The van der Waals surface area contributed by atoms with Crippen LogP contribution in [-0.4, -0.2) is 38.1 Å². The highest BCUT2D eigenvalue weighted by molar-refractivity contribution is 7.85. The van der Waals surface area contributed by atoms with Gasteiger partial charge in [-0.05, 0) is 31.0 Å². The van der Waals surface area contributed by atoms with E-state index in [-0.39, 0.29) is 24.3 Å². The Morgan fingerprint density at radius 2 is 1.32 bits per heavy atom. The van der Waals surface area contributed by atoms with Crippen LogP contribution in [-0.2, 0) is 19.6 Å². The van der Waals surface area contributed by atoms with Gasteiger partial charge in [0, 0.05) is 0 Å². The minimum Gasteiger partial charge on any atom is -0.462 e. The highest BCUT2D eigenvalue weighted by atomic mass is 32.2. The lowest BCUT2D eigenvalue weighted by Crippen LogP contribution is -2.16. The van der Waals surface area contributed by atoms with Gasteiger partial charge in [0.1, 0.15) is 0 Å². The van der Waals surface area contributed by atoms with Crippen molar-refractivity contribution in [3.05, 3.63) is 29.3 Å². The zero-order chi connectivity index (χ0) is 21.0. The molecule has 0 aromatic heterocycles. The molecule has 1 aromatic rings. The Balaban J connectivity index is 2.89. The van der Waals surface area contributed by atoms with Crippen LogP contribution in [0.3, 0.4) is 0 Å². The standard InChI is InChI=1S/C20H30O7S/c1-3-5-7-9-13-26-19(21)17-12-11-16(28(23,24)25)15-18(17)20(22)27-14-10-8-6-4-2/h11-12,15H,3-10,13-14H2,1-2H3,(H,23,24,25). The van der Waals surface area contributed by atoms with Gasteiger partial charge in [-0.3, -0.25) is 4.55 Å². The first-order valence-corrected chi connectivity index (χ1v) is 11.2. The van der Waals surface area contributed by atoms with E-state index in [4.69, 9.17) is 9.47 Å². The third kappa shape index (κ3) is 8.39. The molecule has 0 saturated heterocycles. The Hall–Kier alpha value is -1.93. The largest absolute Gasteiger partial charge is 0.462 e. The molecule has 0 bridgehead atoms. The van der Waals surface area contributed by atoms with Crippen LogP contribution in [0.5, 0.6) is 0 Å². The van der Waals surface area contributed by atoms with Gasteiger partial charge < -0.3 is 9.47 Å². The zero-order valence-corrected chi connectivity index (χ0v) is 17.4. The van der Waals surface area contributed by atoms with Crippen LogP contribution < -0.4 is 0 Å². The zero-order valence-electron chi connectivity index (χ0n) is 16.6. The molecule has 0 saturated carbocycles. The van der Waals surface area contributed by atoms with Crippen LogP contribution in [0.15, 0.2) is 23.1 Å². The lowest BCUT2D eigenvalue weighted by molar-refractivity contribution is 0.0450. The number of ether oxygens (including phenoxy) is 2. The van der Waals surface area contributed by atoms with Crippen LogP contribution in [0.2, 0.25) is 0 Å². The Bertz CT molecular complexity index is 741. The minimum atomic E-state index is -4.52. The molecule has 28 heavy (non-hydrogen) atoms. The summed E-state index contributed by atoms with van der Waals surface area (Å²) < 4.78 is 42.3. The van der Waals surface area contributed by atoms with Gasteiger partial charge >= 0.3 is 11.9 Å². The van der Waals surface area contributed by atoms with E-state index in [1.807, 2.05) is 0 Å².